The molecular formula is C22H32N2O3S. The lowest BCUT2D eigenvalue weighted by Gasteiger charge is -2.37. The zero-order chi connectivity index (χ0) is 20.6. The molecule has 0 N–H and O–H groups in total. The molecular weight excluding hydrogens is 372 g/mol. The van der Waals surface area contributed by atoms with Gasteiger partial charge in [0.15, 0.2) is 0 Å². The van der Waals surface area contributed by atoms with E-state index >= 15 is 0 Å². The number of hydrogen-bond donors (Lipinski definition) is 0. The number of benzene rings is 1. The smallest absolute Gasteiger partial charge is 0.244 e. The standard InChI is InChI=1S/C22H32N2O3S/c1-15-16(2)18(4)22(19(5)17(15)3)28(25,26)24(14-21-8-7-13-27-21)20-9-11-23(6)12-10-20/h7-8,13,20H,9-12,14H2,1-6H3. The Morgan fingerprint density at radius 3 is 2.04 bits per heavy atom. The molecule has 0 saturated carbocycles. The van der Waals surface area contributed by atoms with Gasteiger partial charge in [0.1, 0.15) is 5.76 Å². The Morgan fingerprint density at radius 2 is 1.54 bits per heavy atom. The second-order valence-electron chi connectivity index (χ2n) is 8.12. The molecule has 3 rings (SSSR count). The van der Waals surface area contributed by atoms with Crippen molar-refractivity contribution >= 4 is 10.0 Å². The topological polar surface area (TPSA) is 53.8 Å². The van der Waals surface area contributed by atoms with Crippen LogP contribution in [-0.4, -0.2) is 43.8 Å². The van der Waals surface area contributed by atoms with Gasteiger partial charge in [-0.15, -0.1) is 0 Å². The fourth-order valence-electron chi connectivity index (χ4n) is 4.22. The van der Waals surface area contributed by atoms with Crippen molar-refractivity contribution in [2.24, 2.45) is 0 Å². The Kier molecular flexibility index (Phi) is 6.03. The molecule has 0 unspecified atom stereocenters. The number of rotatable bonds is 5. The van der Waals surface area contributed by atoms with Crippen molar-refractivity contribution in [2.75, 3.05) is 20.1 Å². The van der Waals surface area contributed by atoms with Crippen LogP contribution >= 0.6 is 0 Å². The lowest BCUT2D eigenvalue weighted by Crippen LogP contribution is -2.46. The average Bonchev–Trinajstić information content (AvgIpc) is 3.17. The third-order valence-corrected chi connectivity index (χ3v) is 8.66. The van der Waals surface area contributed by atoms with Crippen molar-refractivity contribution in [3.63, 3.8) is 0 Å². The Morgan fingerprint density at radius 1 is 1.00 bits per heavy atom. The highest BCUT2D eigenvalue weighted by atomic mass is 32.2. The minimum atomic E-state index is -3.66. The van der Waals surface area contributed by atoms with E-state index in [2.05, 4.69) is 18.9 Å². The minimum Gasteiger partial charge on any atom is -0.468 e. The van der Waals surface area contributed by atoms with E-state index in [1.54, 1.807) is 10.6 Å². The summed E-state index contributed by atoms with van der Waals surface area (Å²) >= 11 is 0. The number of nitrogens with zero attached hydrogens (tertiary/aromatic N) is 2. The van der Waals surface area contributed by atoms with Gasteiger partial charge in [-0.2, -0.15) is 4.31 Å². The molecule has 2 aromatic rings. The average molecular weight is 405 g/mol. The first-order valence-electron chi connectivity index (χ1n) is 9.94. The van der Waals surface area contributed by atoms with E-state index in [1.165, 1.54) is 5.56 Å². The molecule has 28 heavy (non-hydrogen) atoms. The molecule has 1 aromatic carbocycles. The highest BCUT2D eigenvalue weighted by Gasteiger charge is 2.36. The first-order chi connectivity index (χ1) is 13.1. The Labute approximate surface area is 169 Å². The van der Waals surface area contributed by atoms with Crippen LogP contribution in [0.5, 0.6) is 0 Å². The maximum Gasteiger partial charge on any atom is 0.244 e. The van der Waals surface area contributed by atoms with Crippen LogP contribution in [0.25, 0.3) is 0 Å². The van der Waals surface area contributed by atoms with E-state index in [0.29, 0.717) is 10.7 Å². The summed E-state index contributed by atoms with van der Waals surface area (Å²) in [5, 5.41) is 0. The van der Waals surface area contributed by atoms with Crippen LogP contribution < -0.4 is 0 Å². The summed E-state index contributed by atoms with van der Waals surface area (Å²) in [4.78, 5) is 2.73. The van der Waals surface area contributed by atoms with Crippen molar-refractivity contribution in [3.05, 3.63) is 52.0 Å². The largest absolute Gasteiger partial charge is 0.468 e. The number of furan rings is 1. The molecule has 0 aliphatic carbocycles. The third kappa shape index (κ3) is 3.78. The summed E-state index contributed by atoms with van der Waals surface area (Å²) in [5.74, 6) is 0.679. The van der Waals surface area contributed by atoms with Gasteiger partial charge in [0.25, 0.3) is 0 Å². The van der Waals surface area contributed by atoms with Crippen molar-refractivity contribution in [1.29, 1.82) is 0 Å². The highest BCUT2D eigenvalue weighted by molar-refractivity contribution is 7.89. The summed E-state index contributed by atoms with van der Waals surface area (Å²) in [7, 11) is -1.58. The van der Waals surface area contributed by atoms with Gasteiger partial charge in [0.05, 0.1) is 17.7 Å². The third-order valence-electron chi connectivity index (χ3n) is 6.49. The van der Waals surface area contributed by atoms with Crippen molar-refractivity contribution < 1.29 is 12.8 Å². The maximum absolute atomic E-state index is 14.0. The fourth-order valence-corrected chi connectivity index (χ4v) is 6.43. The fraction of sp³-hybridized carbons (Fsp3) is 0.545. The quantitative estimate of drug-likeness (QED) is 0.753. The van der Waals surface area contributed by atoms with Gasteiger partial charge in [-0.1, -0.05) is 0 Å². The molecule has 154 valence electrons. The summed E-state index contributed by atoms with van der Waals surface area (Å²) in [6.45, 7) is 12.0. The molecule has 0 amide bonds. The second-order valence-corrected chi connectivity index (χ2v) is 9.95. The first kappa shape index (κ1) is 21.1. The molecule has 2 heterocycles. The Bertz CT molecular complexity index is 912. The Hall–Kier alpha value is -1.63. The van der Waals surface area contributed by atoms with Crippen LogP contribution in [0.3, 0.4) is 0 Å². The predicted molar refractivity (Wildman–Crippen MR) is 112 cm³/mol. The molecule has 5 nitrogen and oxygen atoms in total. The van der Waals surface area contributed by atoms with Crippen LogP contribution in [0.1, 0.15) is 46.4 Å². The van der Waals surface area contributed by atoms with Crippen molar-refractivity contribution in [3.8, 4) is 0 Å². The van der Waals surface area contributed by atoms with Gasteiger partial charge >= 0.3 is 0 Å². The molecule has 0 atom stereocenters. The summed E-state index contributed by atoms with van der Waals surface area (Å²) in [5.41, 5.74) is 5.01. The van der Waals surface area contributed by atoms with Crippen LogP contribution in [-0.2, 0) is 16.6 Å². The highest BCUT2D eigenvalue weighted by Crippen LogP contribution is 2.34. The van der Waals surface area contributed by atoms with Gasteiger partial charge in [0, 0.05) is 6.04 Å². The normalized spacial score (nSPS) is 16.8. The van der Waals surface area contributed by atoms with E-state index in [0.717, 1.165) is 48.2 Å². The Balaban J connectivity index is 2.11. The van der Waals surface area contributed by atoms with Gasteiger partial charge in [-0.05, 0) is 108 Å². The molecule has 6 heteroatoms. The number of piperidine rings is 1. The van der Waals surface area contributed by atoms with E-state index in [9.17, 15) is 8.42 Å². The molecule has 1 aromatic heterocycles. The van der Waals surface area contributed by atoms with Gasteiger partial charge in [-0.3, -0.25) is 0 Å². The molecule has 0 bridgehead atoms. The van der Waals surface area contributed by atoms with Crippen molar-refractivity contribution in [1.82, 2.24) is 9.21 Å². The lowest BCUT2D eigenvalue weighted by molar-refractivity contribution is 0.173. The summed E-state index contributed by atoms with van der Waals surface area (Å²) in [6, 6.07) is 3.64. The molecule has 1 saturated heterocycles. The summed E-state index contributed by atoms with van der Waals surface area (Å²) < 4.78 is 35.1. The monoisotopic (exact) mass is 404 g/mol. The minimum absolute atomic E-state index is 0.0213. The second kappa shape index (κ2) is 8.01. The van der Waals surface area contributed by atoms with E-state index in [1.807, 2.05) is 39.8 Å². The number of hydrogen-bond acceptors (Lipinski definition) is 4. The van der Waals surface area contributed by atoms with Crippen LogP contribution in [0.4, 0.5) is 0 Å². The van der Waals surface area contributed by atoms with Crippen LogP contribution in [0.15, 0.2) is 27.7 Å². The summed E-state index contributed by atoms with van der Waals surface area (Å²) in [6.07, 6.45) is 3.27. The predicted octanol–water partition coefficient (Wildman–Crippen LogP) is 4.11. The zero-order valence-electron chi connectivity index (χ0n) is 17.9. The van der Waals surface area contributed by atoms with E-state index in [-0.39, 0.29) is 12.6 Å². The van der Waals surface area contributed by atoms with E-state index < -0.39 is 10.0 Å². The zero-order valence-corrected chi connectivity index (χ0v) is 18.7. The van der Waals surface area contributed by atoms with Gasteiger partial charge in [0.2, 0.25) is 10.0 Å². The van der Waals surface area contributed by atoms with Gasteiger partial charge < -0.3 is 9.32 Å². The first-order valence-corrected chi connectivity index (χ1v) is 11.4. The van der Waals surface area contributed by atoms with Crippen molar-refractivity contribution in [2.45, 2.75) is 64.9 Å². The van der Waals surface area contributed by atoms with Crippen LogP contribution in [0, 0.1) is 34.6 Å². The molecule has 1 aliphatic heterocycles. The molecule has 1 aliphatic rings. The lowest BCUT2D eigenvalue weighted by atomic mass is 9.95. The maximum atomic E-state index is 14.0. The van der Waals surface area contributed by atoms with Crippen LogP contribution in [0.2, 0.25) is 0 Å². The molecule has 0 spiro atoms. The number of likely N-dealkylation sites (tertiary alicyclic amines) is 1. The van der Waals surface area contributed by atoms with Gasteiger partial charge in [-0.25, -0.2) is 8.42 Å². The number of sulfonamides is 1. The molecule has 0 radical (unpaired) electrons. The molecule has 1 fully saturated rings. The van der Waals surface area contributed by atoms with E-state index in [4.69, 9.17) is 4.42 Å². The SMILES string of the molecule is Cc1c(C)c(C)c(S(=O)(=O)N(Cc2ccco2)C2CCN(C)CC2)c(C)c1C.